The molecule has 0 bridgehead atoms. The Hall–Kier alpha value is -4.53. The van der Waals surface area contributed by atoms with Gasteiger partial charge in [0.05, 0.1) is 16.3 Å². The first-order valence-electron chi connectivity index (χ1n) is 11.9. The van der Waals surface area contributed by atoms with Crippen LogP contribution in [0.3, 0.4) is 0 Å². The highest BCUT2D eigenvalue weighted by Crippen LogP contribution is 2.38. The topological polar surface area (TPSA) is 123 Å². The van der Waals surface area contributed by atoms with Gasteiger partial charge in [-0.25, -0.2) is 4.79 Å². The van der Waals surface area contributed by atoms with Gasteiger partial charge in [0.1, 0.15) is 11.5 Å². The SMILES string of the molecule is CC(C)(C)OC(=O)NCCc1ccc(N=C(c2ccccc2)C2C(=O)Nc3ccc([N+](=O)[O-])cc32)cc1. The number of rotatable bonds is 7. The first kappa shape index (κ1) is 25.6. The van der Waals surface area contributed by atoms with Gasteiger partial charge in [0, 0.05) is 29.9 Å². The van der Waals surface area contributed by atoms with Gasteiger partial charge in [-0.1, -0.05) is 42.5 Å². The van der Waals surface area contributed by atoms with Crippen LogP contribution in [0.25, 0.3) is 0 Å². The molecule has 190 valence electrons. The van der Waals surface area contributed by atoms with Gasteiger partial charge in [-0.2, -0.15) is 0 Å². The average Bonchev–Trinajstić information content (AvgIpc) is 3.17. The van der Waals surface area contributed by atoms with Crippen molar-refractivity contribution in [3.63, 3.8) is 0 Å². The standard InChI is InChI=1S/C28H28N4O5/c1-28(2,3)37-27(34)29-16-15-18-9-11-20(12-10-18)30-25(19-7-5-4-6-8-19)24-22-17-21(32(35)36)13-14-23(22)31-26(24)33/h4-14,17,24H,15-16H2,1-3H3,(H,29,34)(H,31,33). The molecule has 0 saturated carbocycles. The Morgan fingerprint density at radius 3 is 2.43 bits per heavy atom. The van der Waals surface area contributed by atoms with Crippen LogP contribution >= 0.6 is 0 Å². The monoisotopic (exact) mass is 500 g/mol. The van der Waals surface area contributed by atoms with Gasteiger partial charge < -0.3 is 15.4 Å². The fourth-order valence-electron chi connectivity index (χ4n) is 4.04. The second kappa shape index (κ2) is 10.6. The van der Waals surface area contributed by atoms with Crippen LogP contribution in [0, 0.1) is 10.1 Å². The number of nitro groups is 1. The number of anilines is 1. The Labute approximate surface area is 214 Å². The number of non-ortho nitro benzene ring substituents is 1. The molecule has 1 aliphatic heterocycles. The van der Waals surface area contributed by atoms with E-state index in [9.17, 15) is 19.7 Å². The molecule has 4 rings (SSSR count). The maximum absolute atomic E-state index is 13.0. The van der Waals surface area contributed by atoms with Crippen molar-refractivity contribution in [2.75, 3.05) is 11.9 Å². The van der Waals surface area contributed by atoms with Crippen molar-refractivity contribution in [2.24, 2.45) is 4.99 Å². The van der Waals surface area contributed by atoms with Crippen molar-refractivity contribution in [3.05, 3.63) is 99.6 Å². The maximum atomic E-state index is 13.0. The summed E-state index contributed by atoms with van der Waals surface area (Å²) in [7, 11) is 0. The van der Waals surface area contributed by atoms with Gasteiger partial charge in [-0.3, -0.25) is 19.9 Å². The number of aliphatic imine (C=N–C) groups is 1. The predicted octanol–water partition coefficient (Wildman–Crippen LogP) is 5.52. The molecule has 2 amide bonds. The summed E-state index contributed by atoms with van der Waals surface area (Å²) in [5, 5.41) is 16.9. The van der Waals surface area contributed by atoms with E-state index in [0.717, 1.165) is 11.1 Å². The minimum atomic E-state index is -0.796. The molecule has 2 N–H and O–H groups in total. The minimum Gasteiger partial charge on any atom is -0.444 e. The van der Waals surface area contributed by atoms with E-state index >= 15 is 0 Å². The lowest BCUT2D eigenvalue weighted by Gasteiger charge is -2.19. The molecule has 37 heavy (non-hydrogen) atoms. The lowest BCUT2D eigenvalue weighted by Crippen LogP contribution is -2.33. The van der Waals surface area contributed by atoms with E-state index in [1.807, 2.05) is 75.4 Å². The van der Waals surface area contributed by atoms with Crippen molar-refractivity contribution in [2.45, 2.75) is 38.7 Å². The molecule has 0 spiro atoms. The quantitative estimate of drug-likeness (QED) is 0.251. The Kier molecular flexibility index (Phi) is 7.33. The van der Waals surface area contributed by atoms with Crippen LogP contribution in [-0.4, -0.2) is 34.8 Å². The van der Waals surface area contributed by atoms with Gasteiger partial charge in [-0.15, -0.1) is 0 Å². The summed E-state index contributed by atoms with van der Waals surface area (Å²) in [4.78, 5) is 40.6. The van der Waals surface area contributed by atoms with Crippen molar-refractivity contribution in [1.29, 1.82) is 0 Å². The van der Waals surface area contributed by atoms with E-state index in [2.05, 4.69) is 10.6 Å². The highest BCUT2D eigenvalue weighted by Gasteiger charge is 2.36. The lowest BCUT2D eigenvalue weighted by atomic mass is 9.90. The predicted molar refractivity (Wildman–Crippen MR) is 141 cm³/mol. The second-order valence-electron chi connectivity index (χ2n) is 9.66. The average molecular weight is 501 g/mol. The molecule has 3 aromatic carbocycles. The molecular formula is C28H28N4O5. The number of nitro benzene ring substituents is 1. The Morgan fingerprint density at radius 1 is 1.08 bits per heavy atom. The summed E-state index contributed by atoms with van der Waals surface area (Å²) >= 11 is 0. The number of carbonyl (C=O) groups is 2. The van der Waals surface area contributed by atoms with Gasteiger partial charge in [0.2, 0.25) is 5.91 Å². The van der Waals surface area contributed by atoms with E-state index in [1.165, 1.54) is 12.1 Å². The molecule has 9 nitrogen and oxygen atoms in total. The first-order valence-corrected chi connectivity index (χ1v) is 11.9. The summed E-state index contributed by atoms with van der Waals surface area (Å²) in [5.74, 6) is -1.09. The minimum absolute atomic E-state index is 0.0861. The van der Waals surface area contributed by atoms with E-state index in [-0.39, 0.29) is 11.6 Å². The van der Waals surface area contributed by atoms with Crippen molar-refractivity contribution < 1.29 is 19.2 Å². The molecule has 0 aliphatic carbocycles. The number of hydrogen-bond acceptors (Lipinski definition) is 6. The Balaban J connectivity index is 1.58. The maximum Gasteiger partial charge on any atom is 0.407 e. The smallest absolute Gasteiger partial charge is 0.407 e. The molecular weight excluding hydrogens is 472 g/mol. The number of nitrogens with one attached hydrogen (secondary N) is 2. The van der Waals surface area contributed by atoms with Crippen molar-refractivity contribution >= 4 is 34.8 Å². The lowest BCUT2D eigenvalue weighted by molar-refractivity contribution is -0.384. The fraction of sp³-hybridized carbons (Fsp3) is 0.250. The summed E-state index contributed by atoms with van der Waals surface area (Å²) in [6, 6.07) is 21.1. The van der Waals surface area contributed by atoms with Crippen LogP contribution in [0.15, 0.2) is 77.8 Å². The normalized spacial score (nSPS) is 15.1. The van der Waals surface area contributed by atoms with Crippen molar-refractivity contribution in [3.8, 4) is 0 Å². The zero-order valence-corrected chi connectivity index (χ0v) is 20.9. The van der Waals surface area contributed by atoms with Crippen LogP contribution in [0.2, 0.25) is 0 Å². The molecule has 1 heterocycles. The molecule has 1 unspecified atom stereocenters. The number of ether oxygens (including phenoxy) is 1. The highest BCUT2D eigenvalue weighted by atomic mass is 16.6. The van der Waals surface area contributed by atoms with Crippen LogP contribution in [0.4, 0.5) is 21.9 Å². The third-order valence-electron chi connectivity index (χ3n) is 5.69. The third-order valence-corrected chi connectivity index (χ3v) is 5.69. The van der Waals surface area contributed by atoms with E-state index in [1.54, 1.807) is 6.07 Å². The van der Waals surface area contributed by atoms with Crippen LogP contribution < -0.4 is 10.6 Å². The molecule has 1 aliphatic rings. The summed E-state index contributed by atoms with van der Waals surface area (Å²) in [5.41, 5.74) is 3.29. The zero-order chi connectivity index (χ0) is 26.6. The van der Waals surface area contributed by atoms with E-state index in [4.69, 9.17) is 9.73 Å². The van der Waals surface area contributed by atoms with Gasteiger partial charge in [0.25, 0.3) is 5.69 Å². The Morgan fingerprint density at radius 2 is 1.78 bits per heavy atom. The van der Waals surface area contributed by atoms with E-state index < -0.39 is 22.5 Å². The number of amides is 2. The van der Waals surface area contributed by atoms with Gasteiger partial charge >= 0.3 is 6.09 Å². The molecule has 1 atom stereocenters. The van der Waals surface area contributed by atoms with Gasteiger partial charge in [-0.05, 0) is 56.5 Å². The number of fused-ring (bicyclic) bond motifs is 1. The number of carbonyl (C=O) groups excluding carboxylic acids is 2. The molecule has 9 heteroatoms. The number of alkyl carbamates (subject to hydrolysis) is 1. The highest BCUT2D eigenvalue weighted by molar-refractivity contribution is 6.24. The third kappa shape index (κ3) is 6.38. The van der Waals surface area contributed by atoms with Crippen LogP contribution in [0.5, 0.6) is 0 Å². The fourth-order valence-corrected chi connectivity index (χ4v) is 4.04. The van der Waals surface area contributed by atoms with Crippen LogP contribution in [-0.2, 0) is 16.0 Å². The van der Waals surface area contributed by atoms with Crippen LogP contribution in [0.1, 0.15) is 43.4 Å². The number of hydrogen-bond donors (Lipinski definition) is 2. The Bertz CT molecular complexity index is 1350. The number of nitrogens with zero attached hydrogens (tertiary/aromatic N) is 2. The molecule has 0 saturated heterocycles. The molecule has 0 aromatic heterocycles. The molecule has 0 fully saturated rings. The zero-order valence-electron chi connectivity index (χ0n) is 20.9. The van der Waals surface area contributed by atoms with Gasteiger partial charge in [0.15, 0.2) is 0 Å². The second-order valence-corrected chi connectivity index (χ2v) is 9.66. The molecule has 0 radical (unpaired) electrons. The van der Waals surface area contributed by atoms with Crippen molar-refractivity contribution in [1.82, 2.24) is 5.32 Å². The van der Waals surface area contributed by atoms with E-state index in [0.29, 0.717) is 35.6 Å². The summed E-state index contributed by atoms with van der Waals surface area (Å²) in [6.07, 6.45) is 0.146. The summed E-state index contributed by atoms with van der Waals surface area (Å²) in [6.45, 7) is 5.85. The number of benzene rings is 3. The molecule has 3 aromatic rings. The largest absolute Gasteiger partial charge is 0.444 e. The first-order chi connectivity index (χ1) is 17.6. The summed E-state index contributed by atoms with van der Waals surface area (Å²) < 4.78 is 5.25.